The van der Waals surface area contributed by atoms with Crippen LogP contribution in [-0.2, 0) is 5.60 Å². The average Bonchev–Trinajstić information content (AvgIpc) is 3.48. The molecule has 0 aliphatic carbocycles. The minimum absolute atomic E-state index is 0.0860. The number of benzene rings is 1. The predicted octanol–water partition coefficient (Wildman–Crippen LogP) is 5.02. The number of hydrogen-bond donors (Lipinski definition) is 1. The summed E-state index contributed by atoms with van der Waals surface area (Å²) < 4.78 is 6.22. The van der Waals surface area contributed by atoms with E-state index in [1.165, 1.54) is 0 Å². The Morgan fingerprint density at radius 2 is 1.69 bits per heavy atom. The van der Waals surface area contributed by atoms with E-state index in [-0.39, 0.29) is 5.91 Å². The molecule has 6 heteroatoms. The van der Waals surface area contributed by atoms with Gasteiger partial charge in [0, 0.05) is 48.2 Å². The lowest BCUT2D eigenvalue weighted by Gasteiger charge is -2.17. The molecular formula is C26H25N3O3. The summed E-state index contributed by atoms with van der Waals surface area (Å²) >= 11 is 0. The predicted molar refractivity (Wildman–Crippen MR) is 123 cm³/mol. The monoisotopic (exact) mass is 427 g/mol. The Hall–Kier alpha value is -3.51. The molecule has 4 aromatic rings. The smallest absolute Gasteiger partial charge is 0.253 e. The SMILES string of the molecule is CC(C)(O)c1cc(-c2ccnc3cc(-c4ccc(C(=O)N5CCCC5)cc4)oc23)ccn1. The van der Waals surface area contributed by atoms with Crippen LogP contribution in [0.5, 0.6) is 0 Å². The summed E-state index contributed by atoms with van der Waals surface area (Å²) in [4.78, 5) is 23.3. The largest absolute Gasteiger partial charge is 0.454 e. The molecule has 0 unspecified atom stereocenters. The molecular weight excluding hydrogens is 402 g/mol. The van der Waals surface area contributed by atoms with Gasteiger partial charge in [-0.05, 0) is 62.6 Å². The fraction of sp³-hybridized carbons (Fsp3) is 0.269. The highest BCUT2D eigenvalue weighted by molar-refractivity contribution is 5.95. The van der Waals surface area contributed by atoms with E-state index in [1.807, 2.05) is 53.4 Å². The number of pyridine rings is 2. The van der Waals surface area contributed by atoms with Gasteiger partial charge in [0.1, 0.15) is 16.9 Å². The van der Waals surface area contributed by atoms with Crippen molar-refractivity contribution in [1.82, 2.24) is 14.9 Å². The van der Waals surface area contributed by atoms with Crippen molar-refractivity contribution in [2.75, 3.05) is 13.1 Å². The van der Waals surface area contributed by atoms with Gasteiger partial charge in [-0.15, -0.1) is 0 Å². The molecule has 0 atom stereocenters. The van der Waals surface area contributed by atoms with Gasteiger partial charge < -0.3 is 14.4 Å². The van der Waals surface area contributed by atoms with E-state index in [0.717, 1.165) is 48.1 Å². The Morgan fingerprint density at radius 3 is 2.41 bits per heavy atom. The van der Waals surface area contributed by atoms with E-state index in [1.54, 1.807) is 26.2 Å². The van der Waals surface area contributed by atoms with Crippen LogP contribution >= 0.6 is 0 Å². The van der Waals surface area contributed by atoms with E-state index >= 15 is 0 Å². The van der Waals surface area contributed by atoms with Crippen LogP contribution in [0.1, 0.15) is 42.7 Å². The first-order chi connectivity index (χ1) is 15.4. The fourth-order valence-corrected chi connectivity index (χ4v) is 4.12. The fourth-order valence-electron chi connectivity index (χ4n) is 4.12. The van der Waals surface area contributed by atoms with Gasteiger partial charge in [0.2, 0.25) is 0 Å². The highest BCUT2D eigenvalue weighted by Crippen LogP contribution is 2.34. The quantitative estimate of drug-likeness (QED) is 0.495. The Bertz CT molecular complexity index is 1280. The molecule has 1 aromatic carbocycles. The number of aromatic nitrogens is 2. The Labute approximate surface area is 186 Å². The number of amides is 1. The van der Waals surface area contributed by atoms with Crippen molar-refractivity contribution in [2.45, 2.75) is 32.3 Å². The highest BCUT2D eigenvalue weighted by Gasteiger charge is 2.21. The number of fused-ring (bicyclic) bond motifs is 1. The number of furan rings is 1. The molecule has 1 aliphatic heterocycles. The number of nitrogens with zero attached hydrogens (tertiary/aromatic N) is 3. The molecule has 0 bridgehead atoms. The van der Waals surface area contributed by atoms with Crippen molar-refractivity contribution >= 4 is 17.0 Å². The molecule has 1 N–H and O–H groups in total. The molecule has 4 heterocycles. The van der Waals surface area contributed by atoms with Gasteiger partial charge in [0.15, 0.2) is 5.58 Å². The van der Waals surface area contributed by atoms with E-state index in [2.05, 4.69) is 9.97 Å². The molecule has 1 saturated heterocycles. The average molecular weight is 428 g/mol. The van der Waals surface area contributed by atoms with Crippen LogP contribution < -0.4 is 0 Å². The summed E-state index contributed by atoms with van der Waals surface area (Å²) in [6.45, 7) is 5.10. The molecule has 1 amide bonds. The molecule has 162 valence electrons. The molecule has 0 spiro atoms. The number of aliphatic hydroxyl groups is 1. The van der Waals surface area contributed by atoms with Crippen LogP contribution in [0.4, 0.5) is 0 Å². The van der Waals surface area contributed by atoms with E-state index in [0.29, 0.717) is 22.6 Å². The summed E-state index contributed by atoms with van der Waals surface area (Å²) in [5, 5.41) is 10.3. The zero-order chi connectivity index (χ0) is 22.3. The van der Waals surface area contributed by atoms with Crippen LogP contribution in [-0.4, -0.2) is 39.0 Å². The maximum atomic E-state index is 12.6. The second-order valence-electron chi connectivity index (χ2n) is 8.75. The van der Waals surface area contributed by atoms with Crippen LogP contribution in [0, 0.1) is 0 Å². The highest BCUT2D eigenvalue weighted by atomic mass is 16.3. The first-order valence-corrected chi connectivity index (χ1v) is 10.9. The van der Waals surface area contributed by atoms with Crippen LogP contribution in [0.2, 0.25) is 0 Å². The third-order valence-electron chi connectivity index (χ3n) is 5.92. The molecule has 32 heavy (non-hydrogen) atoms. The maximum absolute atomic E-state index is 12.6. The standard InChI is InChI=1S/C26H25N3O3/c1-26(2,31)23-15-19(9-11-28-23)20-10-12-27-21-16-22(32-24(20)21)17-5-7-18(8-6-17)25(30)29-13-3-4-14-29/h5-12,15-16,31H,3-4,13-14H2,1-2H3. The molecule has 1 fully saturated rings. The zero-order valence-corrected chi connectivity index (χ0v) is 18.2. The third-order valence-corrected chi connectivity index (χ3v) is 5.92. The van der Waals surface area contributed by atoms with Crippen molar-refractivity contribution in [3.8, 4) is 22.5 Å². The van der Waals surface area contributed by atoms with Crippen molar-refractivity contribution in [2.24, 2.45) is 0 Å². The van der Waals surface area contributed by atoms with Crippen molar-refractivity contribution in [3.63, 3.8) is 0 Å². The van der Waals surface area contributed by atoms with Crippen LogP contribution in [0.15, 0.2) is 65.3 Å². The van der Waals surface area contributed by atoms with E-state index in [4.69, 9.17) is 4.42 Å². The minimum atomic E-state index is -1.04. The number of rotatable bonds is 4. The van der Waals surface area contributed by atoms with Crippen molar-refractivity contribution in [3.05, 3.63) is 72.2 Å². The number of likely N-dealkylation sites (tertiary alicyclic amines) is 1. The second kappa shape index (κ2) is 7.88. The number of hydrogen-bond acceptors (Lipinski definition) is 5. The van der Waals surface area contributed by atoms with Crippen molar-refractivity contribution < 1.29 is 14.3 Å². The van der Waals surface area contributed by atoms with Gasteiger partial charge in [-0.25, -0.2) is 0 Å². The summed E-state index contributed by atoms with van der Waals surface area (Å²) in [6, 6.07) is 15.1. The summed E-state index contributed by atoms with van der Waals surface area (Å²) in [5.74, 6) is 0.778. The molecule has 5 rings (SSSR count). The van der Waals surface area contributed by atoms with E-state index < -0.39 is 5.60 Å². The Kier molecular flexibility index (Phi) is 5.02. The topological polar surface area (TPSA) is 79.5 Å². The van der Waals surface area contributed by atoms with Gasteiger partial charge in [0.25, 0.3) is 5.91 Å². The summed E-state index contributed by atoms with van der Waals surface area (Å²) in [5.41, 5.74) is 4.34. The molecule has 1 aliphatic rings. The van der Waals surface area contributed by atoms with Crippen LogP contribution in [0.25, 0.3) is 33.6 Å². The molecule has 6 nitrogen and oxygen atoms in total. The Balaban J connectivity index is 1.49. The minimum Gasteiger partial charge on any atom is -0.454 e. The molecule has 0 saturated carbocycles. The van der Waals surface area contributed by atoms with Gasteiger partial charge in [-0.3, -0.25) is 14.8 Å². The third kappa shape index (κ3) is 3.78. The lowest BCUT2D eigenvalue weighted by molar-refractivity contribution is 0.0738. The van der Waals surface area contributed by atoms with Crippen molar-refractivity contribution in [1.29, 1.82) is 0 Å². The molecule has 3 aromatic heterocycles. The van der Waals surface area contributed by atoms with Gasteiger partial charge >= 0.3 is 0 Å². The van der Waals surface area contributed by atoms with Gasteiger partial charge in [-0.2, -0.15) is 0 Å². The summed E-state index contributed by atoms with van der Waals surface area (Å²) in [6.07, 6.45) is 5.59. The maximum Gasteiger partial charge on any atom is 0.253 e. The lowest BCUT2D eigenvalue weighted by atomic mass is 10.00. The normalized spacial score (nSPS) is 14.3. The Morgan fingerprint density at radius 1 is 0.969 bits per heavy atom. The molecule has 0 radical (unpaired) electrons. The second-order valence-corrected chi connectivity index (χ2v) is 8.75. The van der Waals surface area contributed by atoms with Gasteiger partial charge in [-0.1, -0.05) is 12.1 Å². The first kappa shape index (κ1) is 20.4. The van der Waals surface area contributed by atoms with E-state index in [9.17, 15) is 9.90 Å². The zero-order valence-electron chi connectivity index (χ0n) is 18.2. The van der Waals surface area contributed by atoms with Gasteiger partial charge in [0.05, 0.1) is 5.69 Å². The number of carbonyl (C=O) groups is 1. The summed E-state index contributed by atoms with van der Waals surface area (Å²) in [7, 11) is 0. The lowest BCUT2D eigenvalue weighted by Crippen LogP contribution is -2.27. The van der Waals surface area contributed by atoms with Crippen LogP contribution in [0.3, 0.4) is 0 Å². The number of carbonyl (C=O) groups excluding carboxylic acids is 1. The first-order valence-electron chi connectivity index (χ1n) is 10.9.